The summed E-state index contributed by atoms with van der Waals surface area (Å²) >= 11 is 0. The molecule has 1 aromatic carbocycles. The number of carbonyl (C=O) groups is 3. The zero-order chi connectivity index (χ0) is 26.9. The molecule has 12 heteroatoms. The fourth-order valence-electron chi connectivity index (χ4n) is 4.35. The lowest BCUT2D eigenvalue weighted by atomic mass is 9.98. The van der Waals surface area contributed by atoms with Crippen LogP contribution in [0.3, 0.4) is 0 Å². The predicted molar refractivity (Wildman–Crippen MR) is 126 cm³/mol. The van der Waals surface area contributed by atoms with Gasteiger partial charge in [0.05, 0.1) is 32.0 Å². The minimum absolute atomic E-state index is 0.192. The molecule has 3 aromatic rings. The van der Waals surface area contributed by atoms with Gasteiger partial charge in [-0.2, -0.15) is 0 Å². The molecule has 2 aromatic heterocycles. The summed E-state index contributed by atoms with van der Waals surface area (Å²) in [7, 11) is 2.97. The zero-order valence-corrected chi connectivity index (χ0v) is 21.1. The molecular weight excluding hydrogens is 490 g/mol. The number of hydrogen-bond acceptors (Lipinski definition) is 12. The first-order valence-corrected chi connectivity index (χ1v) is 11.4. The molecule has 0 N–H and O–H groups in total. The monoisotopic (exact) mass is 517 g/mol. The number of rotatable bonds is 7. The van der Waals surface area contributed by atoms with Gasteiger partial charge in [-0.05, 0) is 25.1 Å². The summed E-state index contributed by atoms with van der Waals surface area (Å²) < 4.78 is 45.0. The van der Waals surface area contributed by atoms with E-state index < -0.39 is 48.6 Å². The number of nitrogens with zero attached hydrogens (tertiary/aromatic N) is 1. The fraction of sp³-hybridized carbons (Fsp3) is 0.440. The zero-order valence-electron chi connectivity index (χ0n) is 21.1. The van der Waals surface area contributed by atoms with Crippen molar-refractivity contribution in [2.75, 3.05) is 14.2 Å². The summed E-state index contributed by atoms with van der Waals surface area (Å²) in [5.41, 5.74) is 0.723. The summed E-state index contributed by atoms with van der Waals surface area (Å²) in [5.74, 6) is -1.02. The second-order valence-corrected chi connectivity index (χ2v) is 8.33. The Morgan fingerprint density at radius 3 is 2.05 bits per heavy atom. The number of methoxy groups -OCH3 is 2. The number of pyridine rings is 1. The topological polar surface area (TPSA) is 142 Å². The third kappa shape index (κ3) is 5.10. The van der Waals surface area contributed by atoms with E-state index in [1.54, 1.807) is 25.1 Å². The van der Waals surface area contributed by atoms with Gasteiger partial charge in [0, 0.05) is 26.2 Å². The summed E-state index contributed by atoms with van der Waals surface area (Å²) in [5, 5.41) is 1.33. The van der Waals surface area contributed by atoms with E-state index in [0.29, 0.717) is 27.8 Å². The molecule has 1 aliphatic heterocycles. The van der Waals surface area contributed by atoms with Crippen molar-refractivity contribution in [3.05, 3.63) is 24.5 Å². The largest absolute Gasteiger partial charge is 0.495 e. The molecule has 0 bridgehead atoms. The van der Waals surface area contributed by atoms with Crippen LogP contribution in [0, 0.1) is 0 Å². The van der Waals surface area contributed by atoms with Gasteiger partial charge in [0.1, 0.15) is 11.3 Å². The van der Waals surface area contributed by atoms with Crippen LogP contribution in [0.1, 0.15) is 27.7 Å². The van der Waals surface area contributed by atoms with Crippen LogP contribution < -0.4 is 14.2 Å². The van der Waals surface area contributed by atoms with E-state index in [1.807, 2.05) is 0 Å². The van der Waals surface area contributed by atoms with Gasteiger partial charge in [-0.3, -0.25) is 14.4 Å². The first-order chi connectivity index (χ1) is 17.6. The molecule has 0 aliphatic carbocycles. The maximum Gasteiger partial charge on any atom is 0.303 e. The van der Waals surface area contributed by atoms with E-state index in [2.05, 4.69) is 4.98 Å². The molecule has 0 spiro atoms. The Labute approximate surface area is 211 Å². The number of esters is 3. The van der Waals surface area contributed by atoms with Gasteiger partial charge in [-0.15, -0.1) is 0 Å². The van der Waals surface area contributed by atoms with Gasteiger partial charge in [-0.25, -0.2) is 4.98 Å². The third-order valence-electron chi connectivity index (χ3n) is 5.73. The molecule has 198 valence electrons. The molecule has 1 fully saturated rings. The van der Waals surface area contributed by atoms with Gasteiger partial charge in [0.25, 0.3) is 0 Å². The van der Waals surface area contributed by atoms with E-state index in [9.17, 15) is 14.4 Å². The van der Waals surface area contributed by atoms with Gasteiger partial charge in [0.2, 0.25) is 18.1 Å². The van der Waals surface area contributed by atoms with Gasteiger partial charge < -0.3 is 37.6 Å². The SMILES string of the molecule is COc1c2ccoc2nc2c(OC)c(O[C@@H]3O[C@@H](C)[C@H](OC(C)=O)[C@H](OC(C)=O)[C@@H]3OC(C)=O)ccc12. The average Bonchev–Trinajstić information content (AvgIpc) is 3.29. The summed E-state index contributed by atoms with van der Waals surface area (Å²) in [4.78, 5) is 40.2. The molecule has 0 radical (unpaired) electrons. The number of fused-ring (bicyclic) bond motifs is 2. The minimum Gasteiger partial charge on any atom is -0.495 e. The smallest absolute Gasteiger partial charge is 0.303 e. The highest BCUT2D eigenvalue weighted by molar-refractivity contribution is 6.02. The van der Waals surface area contributed by atoms with Gasteiger partial charge >= 0.3 is 17.9 Å². The van der Waals surface area contributed by atoms with Crippen LogP contribution in [0.15, 0.2) is 28.9 Å². The van der Waals surface area contributed by atoms with Gasteiger partial charge in [0.15, 0.2) is 23.7 Å². The molecule has 0 saturated carbocycles. The number of benzene rings is 1. The fourth-order valence-corrected chi connectivity index (χ4v) is 4.35. The van der Waals surface area contributed by atoms with E-state index in [-0.39, 0.29) is 11.5 Å². The van der Waals surface area contributed by atoms with E-state index in [0.717, 1.165) is 0 Å². The van der Waals surface area contributed by atoms with Crippen molar-refractivity contribution in [2.24, 2.45) is 0 Å². The quantitative estimate of drug-likeness (QED) is 0.336. The maximum atomic E-state index is 12.0. The van der Waals surface area contributed by atoms with E-state index in [1.165, 1.54) is 41.3 Å². The average molecular weight is 517 g/mol. The molecule has 1 saturated heterocycles. The molecule has 12 nitrogen and oxygen atoms in total. The Morgan fingerprint density at radius 2 is 1.43 bits per heavy atom. The van der Waals surface area contributed by atoms with Crippen molar-refractivity contribution in [1.29, 1.82) is 0 Å². The van der Waals surface area contributed by atoms with E-state index >= 15 is 0 Å². The minimum atomic E-state index is -1.28. The van der Waals surface area contributed by atoms with Crippen LogP contribution in [0.5, 0.6) is 17.2 Å². The van der Waals surface area contributed by atoms with Crippen LogP contribution in [-0.4, -0.2) is 67.8 Å². The molecule has 37 heavy (non-hydrogen) atoms. The normalized spacial score (nSPS) is 23.4. The molecule has 0 unspecified atom stereocenters. The Hall–Kier alpha value is -4.06. The Balaban J connectivity index is 1.78. The van der Waals surface area contributed by atoms with Crippen molar-refractivity contribution in [2.45, 2.75) is 58.4 Å². The van der Waals surface area contributed by atoms with E-state index in [4.69, 9.17) is 37.6 Å². The number of hydrogen-bond donors (Lipinski definition) is 0. The molecule has 0 amide bonds. The highest BCUT2D eigenvalue weighted by Crippen LogP contribution is 2.42. The molecule has 5 atom stereocenters. The van der Waals surface area contributed by atoms with Crippen molar-refractivity contribution < 1.29 is 52.0 Å². The molecule has 3 heterocycles. The lowest BCUT2D eigenvalue weighted by Crippen LogP contribution is -2.62. The van der Waals surface area contributed by atoms with Crippen molar-refractivity contribution in [3.8, 4) is 17.2 Å². The first kappa shape index (κ1) is 26.0. The molecular formula is C25H27NO11. The van der Waals surface area contributed by atoms with Crippen LogP contribution in [-0.2, 0) is 33.3 Å². The van der Waals surface area contributed by atoms with Crippen molar-refractivity contribution >= 4 is 39.9 Å². The maximum absolute atomic E-state index is 12.0. The second-order valence-electron chi connectivity index (χ2n) is 8.33. The second kappa shape index (κ2) is 10.5. The standard InChI is InChI=1S/C25H27NO11/c1-11-19(34-12(2)27)22(35-13(3)28)23(36-14(4)29)25(33-11)37-17-8-7-15-18(21(17)31-6)26-24-16(9-10-32-24)20(15)30-5/h7-11,19,22-23,25H,1-6H3/t11-,19-,22-,23-,25-/m0/s1. The third-order valence-corrected chi connectivity index (χ3v) is 5.73. The lowest BCUT2D eigenvalue weighted by Gasteiger charge is -2.43. The van der Waals surface area contributed by atoms with Crippen molar-refractivity contribution in [3.63, 3.8) is 0 Å². The van der Waals surface area contributed by atoms with Crippen LogP contribution in [0.4, 0.5) is 0 Å². The lowest BCUT2D eigenvalue weighted by molar-refractivity contribution is -0.280. The van der Waals surface area contributed by atoms with Crippen molar-refractivity contribution in [1.82, 2.24) is 4.98 Å². The van der Waals surface area contributed by atoms with Crippen LogP contribution >= 0.6 is 0 Å². The first-order valence-electron chi connectivity index (χ1n) is 11.4. The summed E-state index contributed by atoms with van der Waals surface area (Å²) in [6.07, 6.45) is -4.10. The van der Waals surface area contributed by atoms with Crippen LogP contribution in [0.2, 0.25) is 0 Å². The Bertz CT molecular complexity index is 1330. The van der Waals surface area contributed by atoms with Gasteiger partial charge in [-0.1, -0.05) is 0 Å². The Kier molecular flexibility index (Phi) is 7.39. The highest BCUT2D eigenvalue weighted by atomic mass is 16.7. The molecule has 1 aliphatic rings. The summed E-state index contributed by atoms with van der Waals surface area (Å²) in [6, 6.07) is 5.09. The number of ether oxygens (including phenoxy) is 7. The highest BCUT2D eigenvalue weighted by Gasteiger charge is 2.51. The summed E-state index contributed by atoms with van der Waals surface area (Å²) in [6.45, 7) is 5.19. The Morgan fingerprint density at radius 1 is 0.811 bits per heavy atom. The number of furan rings is 1. The number of carbonyl (C=O) groups excluding carboxylic acids is 3. The number of aromatic nitrogens is 1. The molecule has 4 rings (SSSR count). The predicted octanol–water partition coefficient (Wildman–Crippen LogP) is 2.92. The van der Waals surface area contributed by atoms with Crippen LogP contribution in [0.25, 0.3) is 22.0 Å².